The summed E-state index contributed by atoms with van der Waals surface area (Å²) in [5, 5.41) is 3.93. The van der Waals surface area contributed by atoms with Crippen molar-refractivity contribution in [1.29, 1.82) is 0 Å². The first kappa shape index (κ1) is 14.6. The number of nitrogens with zero attached hydrogens (tertiary/aromatic N) is 4. The SMILES string of the molecule is CN1C(=O)CO[C@H](c2nc(-c3ccco3)no2)[C@H]1c1cccnc1. The Labute approximate surface area is 137 Å². The first-order chi connectivity index (χ1) is 11.7. The Bertz CT molecular complexity index is 831. The van der Waals surface area contributed by atoms with Gasteiger partial charge in [0.25, 0.3) is 5.89 Å². The normalized spacial score (nSPS) is 21.2. The van der Waals surface area contributed by atoms with Gasteiger partial charge in [0, 0.05) is 19.4 Å². The van der Waals surface area contributed by atoms with Crippen LogP contribution in [0.2, 0.25) is 0 Å². The number of aromatic nitrogens is 3. The van der Waals surface area contributed by atoms with Crippen molar-refractivity contribution in [3.05, 3.63) is 54.4 Å². The maximum Gasteiger partial charge on any atom is 0.258 e. The first-order valence-corrected chi connectivity index (χ1v) is 7.38. The fourth-order valence-corrected chi connectivity index (χ4v) is 2.72. The molecule has 24 heavy (non-hydrogen) atoms. The van der Waals surface area contributed by atoms with Gasteiger partial charge in [-0.25, -0.2) is 0 Å². The second kappa shape index (κ2) is 5.89. The third-order valence-corrected chi connectivity index (χ3v) is 3.94. The molecule has 8 nitrogen and oxygen atoms in total. The third kappa shape index (κ3) is 2.46. The van der Waals surface area contributed by atoms with E-state index in [0.29, 0.717) is 11.6 Å². The number of hydrogen-bond acceptors (Lipinski definition) is 7. The molecule has 1 fully saturated rings. The molecule has 0 aliphatic carbocycles. The van der Waals surface area contributed by atoms with Gasteiger partial charge in [0.05, 0.1) is 12.3 Å². The molecule has 0 aromatic carbocycles. The Kier molecular flexibility index (Phi) is 3.58. The van der Waals surface area contributed by atoms with Gasteiger partial charge in [-0.15, -0.1) is 0 Å². The van der Waals surface area contributed by atoms with E-state index in [9.17, 15) is 4.79 Å². The first-order valence-electron chi connectivity index (χ1n) is 7.38. The van der Waals surface area contributed by atoms with E-state index in [1.54, 1.807) is 42.5 Å². The summed E-state index contributed by atoms with van der Waals surface area (Å²) >= 11 is 0. The van der Waals surface area contributed by atoms with Crippen LogP contribution in [0.15, 0.2) is 51.9 Å². The molecule has 2 atom stereocenters. The zero-order valence-electron chi connectivity index (χ0n) is 12.8. The number of carbonyl (C=O) groups is 1. The number of carbonyl (C=O) groups excluding carboxylic acids is 1. The molecule has 1 saturated heterocycles. The number of pyridine rings is 1. The predicted octanol–water partition coefficient (Wildman–Crippen LogP) is 2.00. The average molecular weight is 326 g/mol. The molecule has 0 radical (unpaired) electrons. The number of furan rings is 1. The zero-order chi connectivity index (χ0) is 16.5. The topological polar surface area (TPSA) is 94.5 Å². The number of rotatable bonds is 3. The predicted molar refractivity (Wildman–Crippen MR) is 80.4 cm³/mol. The molecule has 0 spiro atoms. The Morgan fingerprint density at radius 3 is 2.96 bits per heavy atom. The van der Waals surface area contributed by atoms with Crippen molar-refractivity contribution in [3.63, 3.8) is 0 Å². The van der Waals surface area contributed by atoms with Crippen molar-refractivity contribution in [2.75, 3.05) is 13.7 Å². The summed E-state index contributed by atoms with van der Waals surface area (Å²) in [5.74, 6) is 1.01. The van der Waals surface area contributed by atoms with Crippen molar-refractivity contribution in [2.24, 2.45) is 0 Å². The van der Waals surface area contributed by atoms with E-state index < -0.39 is 12.1 Å². The van der Waals surface area contributed by atoms with Crippen molar-refractivity contribution in [3.8, 4) is 11.6 Å². The molecular weight excluding hydrogens is 312 g/mol. The van der Waals surface area contributed by atoms with E-state index in [2.05, 4.69) is 15.1 Å². The molecule has 122 valence electrons. The van der Waals surface area contributed by atoms with E-state index in [1.165, 1.54) is 6.26 Å². The maximum absolute atomic E-state index is 12.0. The molecule has 0 bridgehead atoms. The Morgan fingerprint density at radius 1 is 1.29 bits per heavy atom. The molecule has 0 N–H and O–H groups in total. The fourth-order valence-electron chi connectivity index (χ4n) is 2.72. The van der Waals surface area contributed by atoms with Gasteiger partial charge in [-0.2, -0.15) is 4.98 Å². The van der Waals surface area contributed by atoms with Gasteiger partial charge in [-0.1, -0.05) is 11.2 Å². The largest absolute Gasteiger partial charge is 0.461 e. The van der Waals surface area contributed by atoms with Crippen LogP contribution in [-0.4, -0.2) is 39.6 Å². The zero-order valence-corrected chi connectivity index (χ0v) is 12.8. The molecule has 4 rings (SSSR count). The molecule has 3 aromatic rings. The third-order valence-electron chi connectivity index (χ3n) is 3.94. The summed E-state index contributed by atoms with van der Waals surface area (Å²) in [4.78, 5) is 22.1. The number of amides is 1. The van der Waals surface area contributed by atoms with Crippen LogP contribution in [0, 0.1) is 0 Å². The molecular formula is C16H14N4O4. The number of likely N-dealkylation sites (N-methyl/N-ethyl adjacent to an activating group) is 1. The summed E-state index contributed by atoms with van der Waals surface area (Å²) in [5.41, 5.74) is 0.829. The summed E-state index contributed by atoms with van der Waals surface area (Å²) in [6, 6.07) is 6.77. The lowest BCUT2D eigenvalue weighted by Crippen LogP contribution is -2.43. The molecule has 3 aromatic heterocycles. The smallest absolute Gasteiger partial charge is 0.258 e. The minimum Gasteiger partial charge on any atom is -0.461 e. The number of morpholine rings is 1. The Hall–Kier alpha value is -3.00. The highest BCUT2D eigenvalue weighted by atomic mass is 16.5. The van der Waals surface area contributed by atoms with Crippen molar-refractivity contribution in [1.82, 2.24) is 20.0 Å². The van der Waals surface area contributed by atoms with E-state index >= 15 is 0 Å². The van der Waals surface area contributed by atoms with Crippen LogP contribution in [0.3, 0.4) is 0 Å². The highest BCUT2D eigenvalue weighted by Crippen LogP contribution is 2.38. The monoisotopic (exact) mass is 326 g/mol. The lowest BCUT2D eigenvalue weighted by Gasteiger charge is -2.37. The summed E-state index contributed by atoms with van der Waals surface area (Å²) in [6.45, 7) is -0.0452. The summed E-state index contributed by atoms with van der Waals surface area (Å²) in [6.07, 6.45) is 4.33. The Balaban J connectivity index is 1.71. The molecule has 8 heteroatoms. The van der Waals surface area contributed by atoms with Crippen molar-refractivity contribution in [2.45, 2.75) is 12.1 Å². The second-order valence-electron chi connectivity index (χ2n) is 5.40. The quantitative estimate of drug-likeness (QED) is 0.726. The van der Waals surface area contributed by atoms with Crippen molar-refractivity contribution >= 4 is 5.91 Å². The average Bonchev–Trinajstić information content (AvgIpc) is 3.29. The maximum atomic E-state index is 12.0. The minimum atomic E-state index is -0.576. The molecule has 0 saturated carbocycles. The van der Waals surface area contributed by atoms with Gasteiger partial charge >= 0.3 is 0 Å². The van der Waals surface area contributed by atoms with Crippen LogP contribution in [-0.2, 0) is 9.53 Å². The van der Waals surface area contributed by atoms with Crippen molar-refractivity contribution < 1.29 is 18.5 Å². The molecule has 1 amide bonds. The van der Waals surface area contributed by atoms with Crippen LogP contribution in [0.1, 0.15) is 23.6 Å². The van der Waals surface area contributed by atoms with Gasteiger partial charge in [0.1, 0.15) is 6.61 Å². The lowest BCUT2D eigenvalue weighted by atomic mass is 10.00. The molecule has 1 aliphatic rings. The second-order valence-corrected chi connectivity index (χ2v) is 5.40. The molecule has 1 aliphatic heterocycles. The number of ether oxygens (including phenoxy) is 1. The standard InChI is InChI=1S/C16H14N4O4/c1-20-12(21)9-23-14(13(20)10-4-2-6-17-8-10)16-18-15(19-24-16)11-5-3-7-22-11/h2-8,13-14H,9H2,1H3/t13-,14+/m1/s1. The van der Waals surface area contributed by atoms with Gasteiger partial charge in [-0.05, 0) is 23.8 Å². The van der Waals surface area contributed by atoms with Crippen LogP contribution in [0.4, 0.5) is 0 Å². The van der Waals surface area contributed by atoms with Crippen LogP contribution < -0.4 is 0 Å². The van der Waals surface area contributed by atoms with Gasteiger partial charge < -0.3 is 18.6 Å². The summed E-state index contributed by atoms with van der Waals surface area (Å²) in [7, 11) is 1.72. The van der Waals surface area contributed by atoms with E-state index in [4.69, 9.17) is 13.7 Å². The highest BCUT2D eigenvalue weighted by molar-refractivity contribution is 5.78. The lowest BCUT2D eigenvalue weighted by molar-refractivity contribution is -0.157. The van der Waals surface area contributed by atoms with Gasteiger partial charge in [-0.3, -0.25) is 9.78 Å². The molecule has 4 heterocycles. The van der Waals surface area contributed by atoms with E-state index in [1.807, 2.05) is 6.07 Å². The van der Waals surface area contributed by atoms with Crippen LogP contribution in [0.5, 0.6) is 0 Å². The van der Waals surface area contributed by atoms with Gasteiger partial charge in [0.2, 0.25) is 11.7 Å². The van der Waals surface area contributed by atoms with Crippen LogP contribution in [0.25, 0.3) is 11.6 Å². The van der Waals surface area contributed by atoms with Gasteiger partial charge in [0.15, 0.2) is 11.9 Å². The van der Waals surface area contributed by atoms with E-state index in [0.717, 1.165) is 5.56 Å². The van der Waals surface area contributed by atoms with Crippen LogP contribution >= 0.6 is 0 Å². The Morgan fingerprint density at radius 2 is 2.21 bits per heavy atom. The van der Waals surface area contributed by atoms with E-state index in [-0.39, 0.29) is 18.4 Å². The fraction of sp³-hybridized carbons (Fsp3) is 0.250. The number of hydrogen-bond donors (Lipinski definition) is 0. The molecule has 0 unspecified atom stereocenters. The minimum absolute atomic E-state index is 0.0452. The highest BCUT2D eigenvalue weighted by Gasteiger charge is 2.40. The summed E-state index contributed by atoms with van der Waals surface area (Å²) < 4.78 is 16.3.